The van der Waals surface area contributed by atoms with Crippen molar-refractivity contribution in [2.75, 3.05) is 7.11 Å². The second-order valence-electron chi connectivity index (χ2n) is 6.83. The minimum absolute atomic E-state index is 0.114. The van der Waals surface area contributed by atoms with Crippen LogP contribution in [0.5, 0.6) is 0 Å². The number of allylic oxidation sites excluding steroid dienone is 1. The zero-order valence-corrected chi connectivity index (χ0v) is 16.1. The monoisotopic (exact) mass is 381 g/mol. The smallest absolute Gasteiger partial charge is 0.117 e. The van der Waals surface area contributed by atoms with Gasteiger partial charge in [-0.25, -0.2) is 0 Å². The molecular formula is C20H19N3OS2. The highest BCUT2D eigenvalue weighted by Gasteiger charge is 2.40. The van der Waals surface area contributed by atoms with E-state index in [-0.39, 0.29) is 5.41 Å². The summed E-state index contributed by atoms with van der Waals surface area (Å²) in [5.41, 5.74) is 4.16. The Morgan fingerprint density at radius 1 is 1.23 bits per heavy atom. The van der Waals surface area contributed by atoms with Gasteiger partial charge in [-0.1, -0.05) is 29.4 Å². The zero-order chi connectivity index (χ0) is 17.6. The molecule has 0 atom stereocenters. The molecule has 3 aromatic heterocycles. The summed E-state index contributed by atoms with van der Waals surface area (Å²) >= 11 is 3.63. The molecule has 1 saturated carbocycles. The van der Waals surface area contributed by atoms with Crippen LogP contribution in [0, 0.1) is 5.92 Å². The SMILES string of the molecule is CO/N=C(/c1n[nH]c2c1C=CC(c1cccs1)(c1cccs1)C2)C1CC1. The Kier molecular flexibility index (Phi) is 3.83. The van der Waals surface area contributed by atoms with Crippen LogP contribution >= 0.6 is 22.7 Å². The Bertz CT molecular complexity index is 929. The van der Waals surface area contributed by atoms with E-state index in [1.165, 1.54) is 28.3 Å². The summed E-state index contributed by atoms with van der Waals surface area (Å²) in [6.07, 6.45) is 7.80. The first-order chi connectivity index (χ1) is 12.8. The topological polar surface area (TPSA) is 50.3 Å². The van der Waals surface area contributed by atoms with Crippen LogP contribution in [0.15, 0.2) is 46.3 Å². The first-order valence-corrected chi connectivity index (χ1v) is 10.5. The lowest BCUT2D eigenvalue weighted by atomic mass is 9.75. The number of H-pyrrole nitrogens is 1. The fourth-order valence-corrected chi connectivity index (χ4v) is 5.66. The Balaban J connectivity index is 1.60. The third kappa shape index (κ3) is 2.47. The lowest BCUT2D eigenvalue weighted by Gasteiger charge is -2.31. The third-order valence-corrected chi connectivity index (χ3v) is 7.29. The standard InChI is InChI=1S/C20H19N3OS2/c1-24-23-18(13-6-7-13)19-14-8-9-20(12-15(14)21-22-19,16-4-2-10-25-16)17-5-3-11-26-17/h2-5,8-11,13H,6-7,12H2,1H3,(H,21,22)/b23-18+. The molecule has 0 amide bonds. The van der Waals surface area contributed by atoms with Crippen LogP contribution < -0.4 is 0 Å². The van der Waals surface area contributed by atoms with Crippen molar-refractivity contribution in [1.82, 2.24) is 10.2 Å². The average Bonchev–Trinajstić information content (AvgIpc) is 3.12. The van der Waals surface area contributed by atoms with Crippen LogP contribution in [0.1, 0.15) is 39.5 Å². The van der Waals surface area contributed by atoms with Crippen LogP contribution in [0.2, 0.25) is 0 Å². The van der Waals surface area contributed by atoms with Crippen LogP contribution in [0.3, 0.4) is 0 Å². The van der Waals surface area contributed by atoms with E-state index in [0.717, 1.165) is 23.4 Å². The van der Waals surface area contributed by atoms with E-state index in [4.69, 9.17) is 4.84 Å². The number of aromatic nitrogens is 2. The van der Waals surface area contributed by atoms with Crippen LogP contribution in [-0.4, -0.2) is 23.0 Å². The number of oxime groups is 1. The summed E-state index contributed by atoms with van der Waals surface area (Å²) in [6, 6.07) is 8.74. The second kappa shape index (κ2) is 6.21. The Morgan fingerprint density at radius 3 is 2.54 bits per heavy atom. The number of nitrogens with zero attached hydrogens (tertiary/aromatic N) is 2. The first-order valence-electron chi connectivity index (χ1n) is 8.77. The molecule has 26 heavy (non-hydrogen) atoms. The second-order valence-corrected chi connectivity index (χ2v) is 8.73. The van der Waals surface area contributed by atoms with E-state index < -0.39 is 0 Å². The number of nitrogens with one attached hydrogen (secondary N) is 1. The molecule has 0 aliphatic heterocycles. The van der Waals surface area contributed by atoms with Crippen molar-refractivity contribution in [3.05, 3.63) is 67.8 Å². The van der Waals surface area contributed by atoms with Gasteiger partial charge in [0.15, 0.2) is 0 Å². The van der Waals surface area contributed by atoms with Gasteiger partial charge in [-0.3, -0.25) is 5.10 Å². The Labute approximate surface area is 160 Å². The summed E-state index contributed by atoms with van der Waals surface area (Å²) in [4.78, 5) is 7.83. The highest BCUT2D eigenvalue weighted by Crippen LogP contribution is 2.45. The lowest BCUT2D eigenvalue weighted by Crippen LogP contribution is -2.28. The van der Waals surface area contributed by atoms with Gasteiger partial charge in [0, 0.05) is 33.4 Å². The van der Waals surface area contributed by atoms with Crippen LogP contribution in [0.4, 0.5) is 0 Å². The van der Waals surface area contributed by atoms with Gasteiger partial charge in [0.25, 0.3) is 0 Å². The molecule has 132 valence electrons. The zero-order valence-electron chi connectivity index (χ0n) is 14.4. The summed E-state index contributed by atoms with van der Waals surface area (Å²) in [7, 11) is 1.61. The molecule has 2 aliphatic carbocycles. The molecule has 3 heterocycles. The van der Waals surface area contributed by atoms with Gasteiger partial charge in [-0.2, -0.15) is 5.10 Å². The number of fused-ring (bicyclic) bond motifs is 1. The molecular weight excluding hydrogens is 362 g/mol. The fourth-order valence-electron chi connectivity index (χ4n) is 3.75. The predicted octanol–water partition coefficient (Wildman–Crippen LogP) is 4.85. The molecule has 0 aromatic carbocycles. The van der Waals surface area contributed by atoms with Gasteiger partial charge in [-0.05, 0) is 35.7 Å². The summed E-state index contributed by atoms with van der Waals surface area (Å²) in [6.45, 7) is 0. The molecule has 0 bridgehead atoms. The average molecular weight is 382 g/mol. The van der Waals surface area contributed by atoms with Crippen molar-refractivity contribution < 1.29 is 4.84 Å². The van der Waals surface area contributed by atoms with Crippen molar-refractivity contribution in [2.45, 2.75) is 24.7 Å². The van der Waals surface area contributed by atoms with Crippen molar-refractivity contribution >= 4 is 34.5 Å². The summed E-state index contributed by atoms with van der Waals surface area (Å²) in [5, 5.41) is 16.5. The van der Waals surface area contributed by atoms with E-state index >= 15 is 0 Å². The van der Waals surface area contributed by atoms with Crippen molar-refractivity contribution in [3.63, 3.8) is 0 Å². The number of hydrogen-bond donors (Lipinski definition) is 1. The maximum Gasteiger partial charge on any atom is 0.117 e. The van der Waals surface area contributed by atoms with Crippen molar-refractivity contribution in [3.8, 4) is 0 Å². The number of hydrogen-bond acceptors (Lipinski definition) is 5. The minimum Gasteiger partial charge on any atom is -0.399 e. The molecule has 2 aliphatic rings. The number of thiophene rings is 2. The predicted molar refractivity (Wildman–Crippen MR) is 107 cm³/mol. The van der Waals surface area contributed by atoms with E-state index in [0.29, 0.717) is 5.92 Å². The van der Waals surface area contributed by atoms with Gasteiger partial charge < -0.3 is 4.84 Å². The molecule has 0 unspecified atom stereocenters. The van der Waals surface area contributed by atoms with E-state index in [1.54, 1.807) is 7.11 Å². The highest BCUT2D eigenvalue weighted by atomic mass is 32.1. The van der Waals surface area contributed by atoms with Crippen LogP contribution in [0.25, 0.3) is 6.08 Å². The quantitative estimate of drug-likeness (QED) is 0.507. The van der Waals surface area contributed by atoms with Gasteiger partial charge in [0.05, 0.1) is 5.41 Å². The first kappa shape index (κ1) is 16.0. The maximum atomic E-state index is 5.09. The van der Waals surface area contributed by atoms with E-state index in [9.17, 15) is 0 Å². The largest absolute Gasteiger partial charge is 0.399 e. The lowest BCUT2D eigenvalue weighted by molar-refractivity contribution is 0.212. The molecule has 3 aromatic rings. The molecule has 5 rings (SSSR count). The molecule has 4 nitrogen and oxygen atoms in total. The maximum absolute atomic E-state index is 5.09. The third-order valence-electron chi connectivity index (χ3n) is 5.19. The molecule has 6 heteroatoms. The summed E-state index contributed by atoms with van der Waals surface area (Å²) < 4.78 is 0. The van der Waals surface area contributed by atoms with Crippen LogP contribution in [-0.2, 0) is 16.7 Å². The number of rotatable bonds is 5. The fraction of sp³-hybridized carbons (Fsp3) is 0.300. The summed E-state index contributed by atoms with van der Waals surface area (Å²) in [5.74, 6) is 0.483. The van der Waals surface area contributed by atoms with Gasteiger partial charge in [-0.15, -0.1) is 22.7 Å². The molecule has 1 N–H and O–H groups in total. The van der Waals surface area contributed by atoms with Crippen molar-refractivity contribution in [1.29, 1.82) is 0 Å². The molecule has 0 spiro atoms. The van der Waals surface area contributed by atoms with Gasteiger partial charge in [0.1, 0.15) is 18.5 Å². The molecule has 0 radical (unpaired) electrons. The Morgan fingerprint density at radius 2 is 1.96 bits per heavy atom. The highest BCUT2D eigenvalue weighted by molar-refractivity contribution is 7.11. The Hall–Kier alpha value is -2.18. The van der Waals surface area contributed by atoms with Crippen molar-refractivity contribution in [2.24, 2.45) is 11.1 Å². The molecule has 1 fully saturated rings. The van der Waals surface area contributed by atoms with E-state index in [1.807, 2.05) is 22.7 Å². The van der Waals surface area contributed by atoms with Gasteiger partial charge in [0.2, 0.25) is 0 Å². The minimum atomic E-state index is -0.114. The number of aromatic amines is 1. The molecule has 0 saturated heterocycles. The van der Waals surface area contributed by atoms with E-state index in [2.05, 4.69) is 62.5 Å². The normalized spacial score (nSPS) is 18.7. The van der Waals surface area contributed by atoms with Gasteiger partial charge >= 0.3 is 0 Å².